The van der Waals surface area contributed by atoms with E-state index in [4.69, 9.17) is 5.41 Å². The molecular weight excluding hydrogens is 162 g/mol. The van der Waals surface area contributed by atoms with Gasteiger partial charge < -0.3 is 10.7 Å². The van der Waals surface area contributed by atoms with Gasteiger partial charge in [-0.1, -0.05) is 11.6 Å². The lowest BCUT2D eigenvalue weighted by atomic mass is 10.3. The molecule has 0 spiro atoms. The predicted molar refractivity (Wildman–Crippen MR) is 58.0 cm³/mol. The third-order valence-corrected chi connectivity index (χ3v) is 1.68. The summed E-state index contributed by atoms with van der Waals surface area (Å²) >= 11 is 0. The number of hydrogen-bond donors (Lipinski definition) is 3. The predicted octanol–water partition coefficient (Wildman–Crippen LogP) is 1.64. The summed E-state index contributed by atoms with van der Waals surface area (Å²) in [5.41, 5.74) is 2.25. The van der Waals surface area contributed by atoms with Crippen LogP contribution < -0.4 is 10.6 Å². The second-order valence-corrected chi connectivity index (χ2v) is 2.98. The van der Waals surface area contributed by atoms with Crippen LogP contribution in [0.4, 0.5) is 0 Å². The molecule has 0 aromatic rings. The molecule has 0 rings (SSSR count). The van der Waals surface area contributed by atoms with Gasteiger partial charge in [0.15, 0.2) is 0 Å². The molecule has 0 heterocycles. The molecule has 0 fully saturated rings. The molecule has 0 saturated carbocycles. The number of hydrogen-bond acceptors (Lipinski definition) is 3. The zero-order valence-corrected chi connectivity index (χ0v) is 8.65. The largest absolute Gasteiger partial charge is 0.378 e. The lowest BCUT2D eigenvalue weighted by Crippen LogP contribution is -2.26. The van der Waals surface area contributed by atoms with Crippen LogP contribution in [0.25, 0.3) is 0 Å². The van der Waals surface area contributed by atoms with Crippen molar-refractivity contribution in [2.75, 3.05) is 13.2 Å². The molecule has 0 radical (unpaired) electrons. The highest BCUT2D eigenvalue weighted by molar-refractivity contribution is 5.74. The molecule has 0 atom stereocenters. The van der Waals surface area contributed by atoms with Crippen LogP contribution in [0.5, 0.6) is 0 Å². The normalized spacial score (nSPS) is 12.8. The number of nitrogens with one attached hydrogen (secondary N) is 3. The van der Waals surface area contributed by atoms with Gasteiger partial charge in [0.05, 0.1) is 6.67 Å². The van der Waals surface area contributed by atoms with Crippen LogP contribution in [-0.4, -0.2) is 19.4 Å². The number of allylic oxidation sites excluding steroid dienone is 2. The maximum atomic E-state index is 6.92. The van der Waals surface area contributed by atoms with E-state index in [1.54, 1.807) is 0 Å². The minimum Gasteiger partial charge on any atom is -0.378 e. The highest BCUT2D eigenvalue weighted by Gasteiger charge is 1.85. The van der Waals surface area contributed by atoms with E-state index in [-0.39, 0.29) is 0 Å². The maximum Gasteiger partial charge on any atom is 0.0650 e. The first-order valence-electron chi connectivity index (χ1n) is 4.43. The molecule has 0 bridgehead atoms. The van der Waals surface area contributed by atoms with Gasteiger partial charge in [-0.05, 0) is 26.3 Å². The fourth-order valence-electron chi connectivity index (χ4n) is 0.688. The molecule has 0 aliphatic heterocycles. The second kappa shape index (κ2) is 7.55. The van der Waals surface area contributed by atoms with E-state index in [9.17, 15) is 0 Å². The van der Waals surface area contributed by atoms with Crippen molar-refractivity contribution in [1.82, 2.24) is 10.6 Å². The molecule has 74 valence electrons. The Morgan fingerprint density at radius 2 is 2.08 bits per heavy atom. The van der Waals surface area contributed by atoms with E-state index in [0.717, 1.165) is 18.8 Å². The Morgan fingerprint density at radius 3 is 2.62 bits per heavy atom. The van der Waals surface area contributed by atoms with Crippen molar-refractivity contribution in [3.8, 4) is 0 Å². The third-order valence-electron chi connectivity index (χ3n) is 1.68. The van der Waals surface area contributed by atoms with Crippen LogP contribution in [0.1, 0.15) is 20.8 Å². The molecule has 3 nitrogen and oxygen atoms in total. The summed E-state index contributed by atoms with van der Waals surface area (Å²) < 4.78 is 0. The van der Waals surface area contributed by atoms with Crippen LogP contribution in [0.2, 0.25) is 0 Å². The Kier molecular flexibility index (Phi) is 6.92. The van der Waals surface area contributed by atoms with Crippen molar-refractivity contribution < 1.29 is 0 Å². The second-order valence-electron chi connectivity index (χ2n) is 2.98. The van der Waals surface area contributed by atoms with E-state index in [1.807, 2.05) is 20.0 Å². The van der Waals surface area contributed by atoms with Crippen LogP contribution in [0.15, 0.2) is 23.4 Å². The van der Waals surface area contributed by atoms with Gasteiger partial charge in [0, 0.05) is 19.0 Å². The molecule has 3 heteroatoms. The molecule has 13 heavy (non-hydrogen) atoms. The zero-order valence-electron chi connectivity index (χ0n) is 8.65. The lowest BCUT2D eigenvalue weighted by molar-refractivity contribution is 0.684. The standard InChI is InChI=1S/C10H19N3/c1-4-9(2)6-12-8-13-7-10(3)5-11/h4-5,7,11-13H,6,8H2,1-3H3/b9-4+,10-7-,11-5?. The Balaban J connectivity index is 3.42. The summed E-state index contributed by atoms with van der Waals surface area (Å²) in [5, 5.41) is 13.2. The minimum absolute atomic E-state index is 0.732. The molecule has 0 saturated heterocycles. The Morgan fingerprint density at radius 1 is 1.38 bits per heavy atom. The first kappa shape index (κ1) is 11.9. The van der Waals surface area contributed by atoms with Gasteiger partial charge in [-0.15, -0.1) is 0 Å². The first-order valence-corrected chi connectivity index (χ1v) is 4.43. The summed E-state index contributed by atoms with van der Waals surface area (Å²) in [6, 6.07) is 0. The SMILES string of the molecule is C/C=C(\C)CNCN/C=C(/C)C=N. The van der Waals surface area contributed by atoms with Crippen LogP contribution >= 0.6 is 0 Å². The molecule has 0 aliphatic rings. The van der Waals surface area contributed by atoms with Crippen molar-refractivity contribution >= 4 is 6.21 Å². The fraction of sp³-hybridized carbons (Fsp3) is 0.500. The van der Waals surface area contributed by atoms with Crippen molar-refractivity contribution in [2.24, 2.45) is 0 Å². The van der Waals surface area contributed by atoms with Crippen molar-refractivity contribution in [1.29, 1.82) is 5.41 Å². The van der Waals surface area contributed by atoms with Crippen molar-refractivity contribution in [2.45, 2.75) is 20.8 Å². The highest BCUT2D eigenvalue weighted by atomic mass is 15.0. The Labute approximate surface area is 80.4 Å². The first-order chi connectivity index (χ1) is 6.20. The maximum absolute atomic E-state index is 6.92. The Hall–Kier alpha value is -1.09. The summed E-state index contributed by atoms with van der Waals surface area (Å²) in [6.45, 7) is 7.64. The molecule has 0 aliphatic carbocycles. The molecule has 0 unspecified atom stereocenters. The minimum atomic E-state index is 0.732. The van der Waals surface area contributed by atoms with E-state index < -0.39 is 0 Å². The van der Waals surface area contributed by atoms with Gasteiger partial charge in [-0.3, -0.25) is 5.32 Å². The quantitative estimate of drug-likeness (QED) is 0.252. The lowest BCUT2D eigenvalue weighted by Gasteiger charge is -2.04. The van der Waals surface area contributed by atoms with Gasteiger partial charge in [0.2, 0.25) is 0 Å². The topological polar surface area (TPSA) is 47.9 Å². The van der Waals surface area contributed by atoms with Gasteiger partial charge in [0.1, 0.15) is 0 Å². The molecule has 0 aromatic carbocycles. The van der Waals surface area contributed by atoms with Crippen LogP contribution in [-0.2, 0) is 0 Å². The van der Waals surface area contributed by atoms with E-state index >= 15 is 0 Å². The summed E-state index contributed by atoms with van der Waals surface area (Å²) in [4.78, 5) is 0. The molecular formula is C10H19N3. The fourth-order valence-corrected chi connectivity index (χ4v) is 0.688. The summed E-state index contributed by atoms with van der Waals surface area (Å²) in [5.74, 6) is 0. The van der Waals surface area contributed by atoms with Gasteiger partial charge >= 0.3 is 0 Å². The summed E-state index contributed by atoms with van der Waals surface area (Å²) in [7, 11) is 0. The number of rotatable bonds is 6. The molecule has 3 N–H and O–H groups in total. The van der Waals surface area contributed by atoms with Gasteiger partial charge in [-0.2, -0.15) is 0 Å². The van der Waals surface area contributed by atoms with E-state index in [0.29, 0.717) is 0 Å². The van der Waals surface area contributed by atoms with Crippen molar-refractivity contribution in [3.63, 3.8) is 0 Å². The van der Waals surface area contributed by atoms with Crippen LogP contribution in [0.3, 0.4) is 0 Å². The zero-order chi connectivity index (χ0) is 10.1. The van der Waals surface area contributed by atoms with Crippen molar-refractivity contribution in [3.05, 3.63) is 23.4 Å². The van der Waals surface area contributed by atoms with Gasteiger partial charge in [-0.25, -0.2) is 0 Å². The smallest absolute Gasteiger partial charge is 0.0650 e. The average Bonchev–Trinajstić information content (AvgIpc) is 2.16. The average molecular weight is 181 g/mol. The third kappa shape index (κ3) is 7.28. The molecule has 0 amide bonds. The monoisotopic (exact) mass is 181 g/mol. The molecule has 0 aromatic heterocycles. The van der Waals surface area contributed by atoms with Gasteiger partial charge in [0.25, 0.3) is 0 Å². The highest BCUT2D eigenvalue weighted by Crippen LogP contribution is 1.86. The van der Waals surface area contributed by atoms with Crippen LogP contribution in [0, 0.1) is 5.41 Å². The Bertz CT molecular complexity index is 204. The van der Waals surface area contributed by atoms with E-state index in [1.165, 1.54) is 11.8 Å². The summed E-state index contributed by atoms with van der Waals surface area (Å²) in [6.07, 6.45) is 5.24. The van der Waals surface area contributed by atoms with E-state index in [2.05, 4.69) is 23.6 Å².